The molecule has 0 bridgehead atoms. The molecule has 1 aromatic heterocycles. The predicted molar refractivity (Wildman–Crippen MR) is 66.2 cm³/mol. The molecule has 1 heterocycles. The van der Waals surface area contributed by atoms with E-state index in [1.807, 2.05) is 36.6 Å². The molecule has 0 saturated heterocycles. The van der Waals surface area contributed by atoms with Crippen molar-refractivity contribution in [3.8, 4) is 11.3 Å². The van der Waals surface area contributed by atoms with Crippen LogP contribution in [0.4, 0.5) is 10.8 Å². The van der Waals surface area contributed by atoms with E-state index in [0.29, 0.717) is 11.0 Å². The van der Waals surface area contributed by atoms with Crippen molar-refractivity contribution in [3.63, 3.8) is 0 Å². The fourth-order valence-electron chi connectivity index (χ4n) is 1.45. The quantitative estimate of drug-likeness (QED) is 0.350. The number of anilines is 1. The highest BCUT2D eigenvalue weighted by atomic mass is 79.9. The number of nitrogens with one attached hydrogen (secondary N) is 2. The topological polar surface area (TPSA) is 80.2 Å². The highest BCUT2D eigenvalue weighted by Gasteiger charge is 2.07. The molecule has 1 aromatic carbocycles. The largest absolute Gasteiger partial charge is 1.00 e. The normalized spacial score (nSPS) is 10.4. The van der Waals surface area contributed by atoms with Crippen LogP contribution in [0.3, 0.4) is 0 Å². The van der Waals surface area contributed by atoms with E-state index in [9.17, 15) is 0 Å². The Hall–Kier alpha value is -0.920. The summed E-state index contributed by atoms with van der Waals surface area (Å²) in [6.07, 6.45) is 0. The summed E-state index contributed by atoms with van der Waals surface area (Å²) < 4.78 is 0. The Morgan fingerprint density at radius 2 is 2.06 bits per heavy atom. The first-order valence-corrected chi connectivity index (χ1v) is 5.76. The third-order valence-corrected chi connectivity index (χ3v) is 2.79. The monoisotopic (exact) mass is 392 g/mol. The van der Waals surface area contributed by atoms with Gasteiger partial charge in [0.05, 0.1) is 0 Å². The maximum Gasteiger partial charge on any atom is 0.329 e. The molecule has 0 aliphatic rings. The van der Waals surface area contributed by atoms with Crippen LogP contribution in [0.1, 0.15) is 6.92 Å². The SMILES string of the molecule is CC(N)=[NH+]c1cccc(-c2csc(N)[nH+]2)c1.[Br-].[Br-]. The first kappa shape index (κ1) is 17.1. The number of rotatable bonds is 2. The zero-order valence-electron chi connectivity index (χ0n) is 9.71. The zero-order chi connectivity index (χ0) is 11.5. The summed E-state index contributed by atoms with van der Waals surface area (Å²) in [5.41, 5.74) is 14.3. The van der Waals surface area contributed by atoms with Crippen LogP contribution >= 0.6 is 11.3 Å². The van der Waals surface area contributed by atoms with Gasteiger partial charge in [0.15, 0.2) is 0 Å². The lowest BCUT2D eigenvalue weighted by Crippen LogP contribution is -3.00. The smallest absolute Gasteiger partial charge is 0.329 e. The summed E-state index contributed by atoms with van der Waals surface area (Å²) in [5.74, 6) is 0.672. The van der Waals surface area contributed by atoms with Gasteiger partial charge in [-0.25, -0.2) is 9.98 Å². The zero-order valence-corrected chi connectivity index (χ0v) is 13.7. The molecule has 0 fully saturated rings. The minimum Gasteiger partial charge on any atom is -1.00 e. The van der Waals surface area contributed by atoms with Gasteiger partial charge in [-0.15, -0.1) is 0 Å². The molecule has 18 heavy (non-hydrogen) atoms. The van der Waals surface area contributed by atoms with Crippen molar-refractivity contribution in [2.75, 3.05) is 5.73 Å². The third kappa shape index (κ3) is 4.40. The summed E-state index contributed by atoms with van der Waals surface area (Å²) in [6.45, 7) is 1.82. The van der Waals surface area contributed by atoms with E-state index in [4.69, 9.17) is 11.5 Å². The van der Waals surface area contributed by atoms with Gasteiger partial charge in [-0.1, -0.05) is 23.5 Å². The third-order valence-electron chi connectivity index (χ3n) is 2.08. The molecule has 0 radical (unpaired) electrons. The van der Waals surface area contributed by atoms with Crippen LogP contribution in [0.15, 0.2) is 29.6 Å². The van der Waals surface area contributed by atoms with Gasteiger partial charge >= 0.3 is 5.13 Å². The van der Waals surface area contributed by atoms with Crippen LogP contribution in [0.2, 0.25) is 0 Å². The fraction of sp³-hybridized carbons (Fsp3) is 0.0909. The van der Waals surface area contributed by atoms with E-state index in [1.165, 1.54) is 11.3 Å². The van der Waals surface area contributed by atoms with Gasteiger partial charge in [0.1, 0.15) is 11.4 Å². The Morgan fingerprint density at radius 1 is 1.33 bits per heavy atom. The minimum atomic E-state index is 0. The molecule has 0 aliphatic carbocycles. The molecule has 0 atom stereocenters. The summed E-state index contributed by atoms with van der Waals surface area (Å²) in [5, 5.41) is 2.70. The number of H-pyrrole nitrogens is 1. The number of aromatic nitrogens is 1. The van der Waals surface area contributed by atoms with Gasteiger partial charge < -0.3 is 34.0 Å². The molecule has 0 aliphatic heterocycles. The highest BCUT2D eigenvalue weighted by molar-refractivity contribution is 7.13. The van der Waals surface area contributed by atoms with E-state index in [2.05, 4.69) is 9.98 Å². The van der Waals surface area contributed by atoms with Crippen molar-refractivity contribution < 1.29 is 43.9 Å². The molecule has 0 amide bonds. The summed E-state index contributed by atoms with van der Waals surface area (Å²) in [6, 6.07) is 7.99. The molecule has 6 N–H and O–H groups in total. The maximum atomic E-state index is 5.66. The lowest BCUT2D eigenvalue weighted by atomic mass is 10.1. The average molecular weight is 394 g/mol. The second-order valence-electron chi connectivity index (χ2n) is 3.53. The van der Waals surface area contributed by atoms with Crippen LogP contribution < -0.4 is 55.4 Å². The van der Waals surface area contributed by atoms with Crippen molar-refractivity contribution in [1.82, 2.24) is 0 Å². The second-order valence-corrected chi connectivity index (χ2v) is 4.44. The van der Waals surface area contributed by atoms with Gasteiger partial charge in [0.2, 0.25) is 5.84 Å². The Labute approximate surface area is 131 Å². The molecule has 7 heteroatoms. The van der Waals surface area contributed by atoms with Crippen molar-refractivity contribution in [3.05, 3.63) is 29.6 Å². The Balaban J connectivity index is 0.00000144. The number of nitrogens with two attached hydrogens (primary N) is 2. The number of hydrogen-bond donors (Lipinski definition) is 3. The van der Waals surface area contributed by atoms with Crippen LogP contribution in [0.25, 0.3) is 11.3 Å². The molecular formula is C11H14Br2N4S. The van der Waals surface area contributed by atoms with Crippen LogP contribution in [0, 0.1) is 0 Å². The van der Waals surface area contributed by atoms with E-state index >= 15 is 0 Å². The lowest BCUT2D eigenvalue weighted by Gasteiger charge is -1.95. The molecule has 4 nitrogen and oxygen atoms in total. The van der Waals surface area contributed by atoms with Crippen LogP contribution in [-0.4, -0.2) is 5.84 Å². The van der Waals surface area contributed by atoms with Gasteiger partial charge in [-0.3, -0.25) is 11.5 Å². The summed E-state index contributed by atoms with van der Waals surface area (Å²) in [7, 11) is 0. The number of amidine groups is 1. The molecule has 0 saturated carbocycles. The van der Waals surface area contributed by atoms with Gasteiger partial charge in [0.25, 0.3) is 0 Å². The number of halogens is 2. The fourth-order valence-corrected chi connectivity index (χ4v) is 2.06. The molecule has 0 spiro atoms. The Bertz CT molecular complexity index is 535. The van der Waals surface area contributed by atoms with E-state index in [0.717, 1.165) is 16.9 Å². The first-order valence-electron chi connectivity index (χ1n) is 4.88. The number of benzene rings is 1. The number of thiazole rings is 1. The van der Waals surface area contributed by atoms with Gasteiger partial charge in [-0.2, -0.15) is 0 Å². The van der Waals surface area contributed by atoms with Gasteiger partial charge in [-0.05, 0) is 12.1 Å². The second kappa shape index (κ2) is 7.50. The number of hydrogen-bond acceptors (Lipinski definition) is 2. The van der Waals surface area contributed by atoms with Crippen molar-refractivity contribution in [1.29, 1.82) is 0 Å². The summed E-state index contributed by atoms with van der Waals surface area (Å²) >= 11 is 1.49. The number of nitrogen functional groups attached to an aromatic ring is 1. The Kier molecular flexibility index (Phi) is 7.12. The Morgan fingerprint density at radius 3 is 2.61 bits per heavy atom. The van der Waals surface area contributed by atoms with Gasteiger partial charge in [0, 0.05) is 17.9 Å². The molecule has 0 unspecified atom stereocenters. The molecule has 2 aromatic rings. The van der Waals surface area contributed by atoms with E-state index in [1.54, 1.807) is 0 Å². The standard InChI is InChI=1S/C11H12N4S.2BrH/c1-7(12)14-9-4-2-3-8(5-9)10-6-16-11(13)15-10;;/h2-6H,1H3,(H2,12,14)(H2,13,15);2*1H. The highest BCUT2D eigenvalue weighted by Crippen LogP contribution is 2.20. The van der Waals surface area contributed by atoms with Crippen molar-refractivity contribution in [2.24, 2.45) is 5.73 Å². The van der Waals surface area contributed by atoms with E-state index < -0.39 is 0 Å². The van der Waals surface area contributed by atoms with E-state index in [-0.39, 0.29) is 34.0 Å². The molecule has 2 rings (SSSR count). The number of aromatic amines is 1. The molecule has 98 valence electrons. The molecular weight excluding hydrogens is 380 g/mol. The van der Waals surface area contributed by atoms with Crippen molar-refractivity contribution in [2.45, 2.75) is 6.92 Å². The maximum absolute atomic E-state index is 5.66. The predicted octanol–water partition coefficient (Wildman–Crippen LogP) is -6.09. The lowest BCUT2D eigenvalue weighted by molar-refractivity contribution is -0.355. The minimum absolute atomic E-state index is 0. The van der Waals surface area contributed by atoms with Crippen LogP contribution in [-0.2, 0) is 0 Å². The van der Waals surface area contributed by atoms with Crippen LogP contribution in [0.5, 0.6) is 0 Å². The van der Waals surface area contributed by atoms with Crippen molar-refractivity contribution >= 4 is 28.0 Å². The average Bonchev–Trinajstić information content (AvgIpc) is 2.64. The summed E-state index contributed by atoms with van der Waals surface area (Å²) in [4.78, 5) is 6.18. The first-order chi connectivity index (χ1) is 7.65.